The van der Waals surface area contributed by atoms with Gasteiger partial charge in [-0.05, 0) is 52.0 Å². The molecule has 0 spiro atoms. The Morgan fingerprint density at radius 2 is 1.65 bits per heavy atom. The monoisotopic (exact) mass is 313 g/mol. The molecule has 0 atom stereocenters. The van der Waals surface area contributed by atoms with Crippen molar-refractivity contribution in [2.45, 2.75) is 40.7 Å². The van der Waals surface area contributed by atoms with Gasteiger partial charge in [-0.2, -0.15) is 0 Å². The van der Waals surface area contributed by atoms with Crippen molar-refractivity contribution in [1.29, 1.82) is 0 Å². The minimum Gasteiger partial charge on any atom is -0.346 e. The van der Waals surface area contributed by atoms with Gasteiger partial charge in [-0.3, -0.25) is 9.59 Å². The van der Waals surface area contributed by atoms with Crippen molar-refractivity contribution in [3.8, 4) is 0 Å². The minimum atomic E-state index is -0.148. The fourth-order valence-electron chi connectivity index (χ4n) is 2.88. The first-order chi connectivity index (χ1) is 10.8. The lowest BCUT2D eigenvalue weighted by atomic mass is 10.2. The van der Waals surface area contributed by atoms with Gasteiger partial charge in [-0.1, -0.05) is 6.07 Å². The Hall–Kier alpha value is -2.56. The molecule has 1 aromatic carbocycles. The number of carbonyl (C=O) groups excluding carboxylic acids is 2. The van der Waals surface area contributed by atoms with Gasteiger partial charge < -0.3 is 15.2 Å². The van der Waals surface area contributed by atoms with E-state index in [4.69, 9.17) is 0 Å². The van der Waals surface area contributed by atoms with Crippen LogP contribution in [0.15, 0.2) is 30.3 Å². The third-order valence-corrected chi connectivity index (χ3v) is 3.69. The first-order valence-corrected chi connectivity index (χ1v) is 7.67. The number of nitrogens with one attached hydrogen (secondary N) is 2. The Balaban J connectivity index is 2.23. The topological polar surface area (TPSA) is 63.1 Å². The largest absolute Gasteiger partial charge is 0.346 e. The molecular weight excluding hydrogens is 290 g/mol. The van der Waals surface area contributed by atoms with E-state index in [1.807, 2.05) is 19.9 Å². The second-order valence-electron chi connectivity index (χ2n) is 5.96. The van der Waals surface area contributed by atoms with Crippen molar-refractivity contribution in [3.63, 3.8) is 0 Å². The second kappa shape index (κ2) is 6.69. The van der Waals surface area contributed by atoms with Crippen molar-refractivity contribution in [3.05, 3.63) is 47.3 Å². The maximum atomic E-state index is 12.5. The van der Waals surface area contributed by atoms with Gasteiger partial charge in [0.15, 0.2) is 0 Å². The van der Waals surface area contributed by atoms with E-state index in [-0.39, 0.29) is 11.8 Å². The molecule has 0 radical (unpaired) electrons. The van der Waals surface area contributed by atoms with Gasteiger partial charge in [0.1, 0.15) is 0 Å². The normalized spacial score (nSPS) is 10.7. The van der Waals surface area contributed by atoms with E-state index in [2.05, 4.69) is 29.0 Å². The quantitative estimate of drug-likeness (QED) is 0.899. The zero-order valence-electron chi connectivity index (χ0n) is 14.2. The van der Waals surface area contributed by atoms with E-state index in [1.165, 1.54) is 6.92 Å². The van der Waals surface area contributed by atoms with Crippen molar-refractivity contribution in [2.24, 2.45) is 0 Å². The van der Waals surface area contributed by atoms with Crippen LogP contribution in [-0.2, 0) is 4.79 Å². The summed E-state index contributed by atoms with van der Waals surface area (Å²) in [5.74, 6) is -0.293. The number of rotatable bonds is 4. The lowest BCUT2D eigenvalue weighted by molar-refractivity contribution is -0.114. The summed E-state index contributed by atoms with van der Waals surface area (Å²) in [4.78, 5) is 23.7. The zero-order valence-corrected chi connectivity index (χ0v) is 14.2. The van der Waals surface area contributed by atoms with Gasteiger partial charge in [0.25, 0.3) is 5.91 Å². The summed E-state index contributed by atoms with van der Waals surface area (Å²) in [6, 6.07) is 9.31. The Labute approximate surface area is 136 Å². The van der Waals surface area contributed by atoms with E-state index in [0.717, 1.165) is 11.4 Å². The maximum Gasteiger partial charge on any atom is 0.257 e. The summed E-state index contributed by atoms with van der Waals surface area (Å²) >= 11 is 0. The summed E-state index contributed by atoms with van der Waals surface area (Å²) in [5.41, 5.74) is 3.99. The molecule has 0 saturated carbocycles. The molecule has 0 aliphatic rings. The molecule has 0 aliphatic carbocycles. The molecule has 0 fully saturated rings. The molecule has 23 heavy (non-hydrogen) atoms. The van der Waals surface area contributed by atoms with Gasteiger partial charge in [0, 0.05) is 35.7 Å². The van der Waals surface area contributed by atoms with Gasteiger partial charge in [-0.25, -0.2) is 0 Å². The standard InChI is InChI=1S/C18H23N3O2/c1-11(2)21-12(3)9-17(13(21)4)18(23)20-16-8-6-7-15(10-16)19-14(5)22/h6-11H,1-5H3,(H,19,22)(H,20,23). The Morgan fingerprint density at radius 1 is 1.04 bits per heavy atom. The fourth-order valence-corrected chi connectivity index (χ4v) is 2.88. The number of amides is 2. The predicted molar refractivity (Wildman–Crippen MR) is 93.0 cm³/mol. The first kappa shape index (κ1) is 16.8. The number of nitrogens with zero attached hydrogens (tertiary/aromatic N) is 1. The highest BCUT2D eigenvalue weighted by Gasteiger charge is 2.17. The summed E-state index contributed by atoms with van der Waals surface area (Å²) in [6.45, 7) is 9.60. The molecule has 1 aromatic heterocycles. The van der Waals surface area contributed by atoms with Gasteiger partial charge in [0.05, 0.1) is 5.56 Å². The number of carbonyl (C=O) groups is 2. The van der Waals surface area contributed by atoms with Gasteiger partial charge >= 0.3 is 0 Å². The van der Waals surface area contributed by atoms with Crippen molar-refractivity contribution >= 4 is 23.2 Å². The van der Waals surface area contributed by atoms with Crippen LogP contribution in [0.5, 0.6) is 0 Å². The molecule has 2 amide bonds. The number of hydrogen-bond acceptors (Lipinski definition) is 2. The summed E-state index contributed by atoms with van der Waals surface area (Å²) < 4.78 is 2.14. The van der Waals surface area contributed by atoms with Crippen LogP contribution in [0.3, 0.4) is 0 Å². The van der Waals surface area contributed by atoms with Crippen molar-refractivity contribution in [2.75, 3.05) is 10.6 Å². The Bertz CT molecular complexity index is 745. The maximum absolute atomic E-state index is 12.5. The van der Waals surface area contributed by atoms with E-state index in [9.17, 15) is 9.59 Å². The average Bonchev–Trinajstić information content (AvgIpc) is 2.73. The smallest absolute Gasteiger partial charge is 0.257 e. The third-order valence-electron chi connectivity index (χ3n) is 3.69. The number of aromatic nitrogens is 1. The van der Waals surface area contributed by atoms with E-state index < -0.39 is 0 Å². The molecule has 5 heteroatoms. The van der Waals surface area contributed by atoms with Crippen LogP contribution >= 0.6 is 0 Å². The Morgan fingerprint density at radius 3 is 2.17 bits per heavy atom. The van der Waals surface area contributed by atoms with Crippen LogP contribution < -0.4 is 10.6 Å². The predicted octanol–water partition coefficient (Wildman–Crippen LogP) is 3.90. The van der Waals surface area contributed by atoms with E-state index in [0.29, 0.717) is 23.0 Å². The van der Waals surface area contributed by atoms with Gasteiger partial charge in [0.2, 0.25) is 5.91 Å². The van der Waals surface area contributed by atoms with Crippen LogP contribution in [0.1, 0.15) is 48.6 Å². The third kappa shape index (κ3) is 3.80. The zero-order chi connectivity index (χ0) is 17.1. The molecule has 2 aromatic rings. The molecule has 2 rings (SSSR count). The highest BCUT2D eigenvalue weighted by atomic mass is 16.2. The summed E-state index contributed by atoms with van der Waals surface area (Å²) in [7, 11) is 0. The Kier molecular flexibility index (Phi) is 4.89. The molecule has 2 N–H and O–H groups in total. The number of anilines is 2. The van der Waals surface area contributed by atoms with Crippen LogP contribution in [0.2, 0.25) is 0 Å². The molecule has 1 heterocycles. The molecule has 0 saturated heterocycles. The van der Waals surface area contributed by atoms with Crippen LogP contribution in [0, 0.1) is 13.8 Å². The van der Waals surface area contributed by atoms with Crippen LogP contribution in [-0.4, -0.2) is 16.4 Å². The minimum absolute atomic E-state index is 0.144. The molecule has 5 nitrogen and oxygen atoms in total. The highest BCUT2D eigenvalue weighted by Crippen LogP contribution is 2.22. The lowest BCUT2D eigenvalue weighted by Gasteiger charge is -2.13. The van der Waals surface area contributed by atoms with Gasteiger partial charge in [-0.15, -0.1) is 0 Å². The number of aryl methyl sites for hydroxylation is 1. The summed E-state index contributed by atoms with van der Waals surface area (Å²) in [5, 5.41) is 5.59. The number of benzene rings is 1. The average molecular weight is 313 g/mol. The first-order valence-electron chi connectivity index (χ1n) is 7.67. The van der Waals surface area contributed by atoms with Crippen molar-refractivity contribution in [1.82, 2.24) is 4.57 Å². The number of hydrogen-bond donors (Lipinski definition) is 2. The molecule has 0 aliphatic heterocycles. The fraction of sp³-hybridized carbons (Fsp3) is 0.333. The van der Waals surface area contributed by atoms with Crippen LogP contribution in [0.25, 0.3) is 0 Å². The van der Waals surface area contributed by atoms with E-state index >= 15 is 0 Å². The lowest BCUT2D eigenvalue weighted by Crippen LogP contribution is -2.14. The second-order valence-corrected chi connectivity index (χ2v) is 5.96. The molecule has 0 unspecified atom stereocenters. The molecular formula is C18H23N3O2. The molecule has 122 valence electrons. The molecule has 0 bridgehead atoms. The summed E-state index contributed by atoms with van der Waals surface area (Å²) in [6.07, 6.45) is 0. The SMILES string of the molecule is CC(=O)Nc1cccc(NC(=O)c2cc(C)n(C(C)C)c2C)c1. The van der Waals surface area contributed by atoms with E-state index in [1.54, 1.807) is 24.3 Å². The van der Waals surface area contributed by atoms with Crippen LogP contribution in [0.4, 0.5) is 11.4 Å². The highest BCUT2D eigenvalue weighted by molar-refractivity contribution is 6.05. The van der Waals surface area contributed by atoms with Crippen molar-refractivity contribution < 1.29 is 9.59 Å².